The van der Waals surface area contributed by atoms with E-state index in [0.717, 1.165) is 10.4 Å². The minimum Gasteiger partial charge on any atom is -0.390 e. The summed E-state index contributed by atoms with van der Waals surface area (Å²) in [5, 5.41) is 12.1. The largest absolute Gasteiger partial charge is 0.390 e. The molecule has 1 saturated heterocycles. The first-order valence-corrected chi connectivity index (χ1v) is 12.8. The zero-order valence-corrected chi connectivity index (χ0v) is 20.3. The van der Waals surface area contributed by atoms with Gasteiger partial charge < -0.3 is 14.6 Å². The van der Waals surface area contributed by atoms with E-state index in [1.54, 1.807) is 0 Å². The van der Waals surface area contributed by atoms with Crippen molar-refractivity contribution in [3.63, 3.8) is 0 Å². The summed E-state index contributed by atoms with van der Waals surface area (Å²) in [5.74, 6) is 0. The summed E-state index contributed by atoms with van der Waals surface area (Å²) in [6.45, 7) is 6.02. The fraction of sp³-hybridized carbons (Fsp3) is 0.360. The fourth-order valence-corrected chi connectivity index (χ4v) is 8.41. The minimum absolute atomic E-state index is 0.190. The fourth-order valence-electron chi connectivity index (χ4n) is 4.50. The third-order valence-electron chi connectivity index (χ3n) is 5.92. The molecule has 3 aromatic rings. The summed E-state index contributed by atoms with van der Waals surface area (Å²) in [4.78, 5) is 27.3. The van der Waals surface area contributed by atoms with E-state index in [1.165, 1.54) is 16.8 Å². The van der Waals surface area contributed by atoms with E-state index in [4.69, 9.17) is 9.47 Å². The van der Waals surface area contributed by atoms with Crippen LogP contribution in [0.3, 0.4) is 0 Å². The number of aliphatic hydroxyl groups excluding tert-OH is 1. The van der Waals surface area contributed by atoms with Crippen molar-refractivity contribution in [3.05, 3.63) is 93.8 Å². The third kappa shape index (κ3) is 4.94. The van der Waals surface area contributed by atoms with Gasteiger partial charge in [-0.25, -0.2) is 4.79 Å². The van der Waals surface area contributed by atoms with Crippen LogP contribution in [0.5, 0.6) is 0 Å². The molecular weight excluding hydrogens is 436 g/mol. The van der Waals surface area contributed by atoms with Gasteiger partial charge in [-0.2, -0.15) is 0 Å². The highest BCUT2D eigenvalue weighted by atomic mass is 28.3. The summed E-state index contributed by atoms with van der Waals surface area (Å²) in [5.41, 5.74) is -1.44. The van der Waals surface area contributed by atoms with Crippen molar-refractivity contribution in [3.8, 4) is 0 Å². The molecule has 0 unspecified atom stereocenters. The molecule has 174 valence electrons. The van der Waals surface area contributed by atoms with Crippen LogP contribution in [0.1, 0.15) is 27.2 Å². The Labute approximate surface area is 194 Å². The Morgan fingerprint density at radius 1 is 1.06 bits per heavy atom. The highest BCUT2D eigenvalue weighted by Gasteiger charge is 2.54. The van der Waals surface area contributed by atoms with Gasteiger partial charge in [-0.3, -0.25) is 14.3 Å². The average molecular weight is 467 g/mol. The Bertz CT molecular complexity index is 1150. The van der Waals surface area contributed by atoms with Crippen LogP contribution in [0, 0.1) is 0 Å². The second-order valence-electron chi connectivity index (χ2n) is 9.43. The van der Waals surface area contributed by atoms with Gasteiger partial charge in [-0.05, 0) is 20.8 Å². The van der Waals surface area contributed by atoms with Crippen LogP contribution in [0.2, 0.25) is 0 Å². The maximum Gasteiger partial charge on any atom is 0.330 e. The number of nitrogens with zero attached hydrogens (tertiary/aromatic N) is 1. The van der Waals surface area contributed by atoms with Gasteiger partial charge in [-0.15, -0.1) is 0 Å². The second-order valence-corrected chi connectivity index (χ2v) is 12.5. The molecule has 0 spiro atoms. The first kappa shape index (κ1) is 23.4. The molecule has 2 N–H and O–H groups in total. The monoisotopic (exact) mass is 466 g/mol. The highest BCUT2D eigenvalue weighted by molar-refractivity contribution is 6.86. The van der Waals surface area contributed by atoms with Gasteiger partial charge in [-0.1, -0.05) is 71.0 Å². The average Bonchev–Trinajstić information content (AvgIpc) is 3.10. The van der Waals surface area contributed by atoms with E-state index >= 15 is 0 Å². The third-order valence-corrected chi connectivity index (χ3v) is 9.57. The molecule has 3 atom stereocenters. The Balaban J connectivity index is 1.90. The van der Waals surface area contributed by atoms with Gasteiger partial charge in [0, 0.05) is 18.7 Å². The maximum absolute atomic E-state index is 13.1. The van der Waals surface area contributed by atoms with Crippen LogP contribution in [0.25, 0.3) is 0 Å². The van der Waals surface area contributed by atoms with Crippen LogP contribution in [0.15, 0.2) is 82.5 Å². The zero-order chi connectivity index (χ0) is 23.6. The van der Waals surface area contributed by atoms with Gasteiger partial charge >= 0.3 is 5.69 Å². The summed E-state index contributed by atoms with van der Waals surface area (Å²) in [6.07, 6.45) is 0.226. The molecule has 0 saturated carbocycles. The molecule has 1 aliphatic rings. The number of benzene rings is 2. The first-order valence-electron chi connectivity index (χ1n) is 11.1. The quantitative estimate of drug-likeness (QED) is 0.523. The Morgan fingerprint density at radius 2 is 1.64 bits per heavy atom. The van der Waals surface area contributed by atoms with E-state index in [1.807, 2.05) is 81.4 Å². The molecule has 33 heavy (non-hydrogen) atoms. The normalized spacial score (nSPS) is 23.2. The molecule has 2 aromatic carbocycles. The minimum atomic E-state index is -2.35. The molecule has 1 fully saturated rings. The number of aromatic amines is 1. The maximum atomic E-state index is 13.1. The number of H-pyrrole nitrogens is 1. The van der Waals surface area contributed by atoms with Crippen LogP contribution in [-0.2, 0) is 14.8 Å². The summed E-state index contributed by atoms with van der Waals surface area (Å²) in [7, 11) is -2.35. The summed E-state index contributed by atoms with van der Waals surface area (Å²) < 4.78 is 14.1. The van der Waals surface area contributed by atoms with Crippen LogP contribution < -0.4 is 21.6 Å². The van der Waals surface area contributed by atoms with Gasteiger partial charge in [0.15, 0.2) is 8.80 Å². The number of ether oxygens (including phenoxy) is 2. The van der Waals surface area contributed by atoms with E-state index in [0.29, 0.717) is 0 Å². The zero-order valence-electron chi connectivity index (χ0n) is 19.1. The molecule has 0 aliphatic carbocycles. The van der Waals surface area contributed by atoms with Crippen molar-refractivity contribution in [2.24, 2.45) is 0 Å². The topological polar surface area (TPSA) is 93.5 Å². The molecule has 1 aliphatic heterocycles. The van der Waals surface area contributed by atoms with Gasteiger partial charge in [0.1, 0.15) is 11.5 Å². The predicted molar refractivity (Wildman–Crippen MR) is 130 cm³/mol. The lowest BCUT2D eigenvalue weighted by Crippen LogP contribution is -2.64. The lowest BCUT2D eigenvalue weighted by Gasteiger charge is -2.38. The SMILES string of the molecule is CC(C)(C)OC[C@H]1O[C@](n2ccc(=O)[nH]c2=O)([SiH](c2ccccc2)c2ccccc2)C[C@@H]1O. The lowest BCUT2D eigenvalue weighted by atomic mass is 10.1. The van der Waals surface area contributed by atoms with E-state index < -0.39 is 43.2 Å². The number of hydrogen-bond acceptors (Lipinski definition) is 5. The number of aliphatic hydroxyl groups is 1. The number of nitrogens with one attached hydrogen (secondary N) is 1. The summed E-state index contributed by atoms with van der Waals surface area (Å²) >= 11 is 0. The number of aromatic nitrogens is 2. The number of hydrogen-bond donors (Lipinski definition) is 2. The highest BCUT2D eigenvalue weighted by Crippen LogP contribution is 2.37. The van der Waals surface area contributed by atoms with Crippen LogP contribution >= 0.6 is 0 Å². The van der Waals surface area contributed by atoms with Gasteiger partial charge in [0.25, 0.3) is 5.56 Å². The summed E-state index contributed by atoms with van der Waals surface area (Å²) in [6, 6.07) is 21.2. The molecule has 0 radical (unpaired) electrons. The smallest absolute Gasteiger partial charge is 0.330 e. The van der Waals surface area contributed by atoms with Crippen molar-refractivity contribution in [1.82, 2.24) is 9.55 Å². The standard InChI is InChI=1S/C25H30N2O5Si/c1-24(2,3)31-17-21-20(28)16-25(32-21,27-15-14-22(29)26-23(27)30)33(18-10-6-4-7-11-18)19-12-8-5-9-13-19/h4-15,20-21,28,33H,16-17H2,1-3H3,(H,26,29,30)/t20-,21+,25-/m0/s1. The van der Waals surface area contributed by atoms with E-state index in [2.05, 4.69) is 4.98 Å². The lowest BCUT2D eigenvalue weighted by molar-refractivity contribution is -0.114. The molecule has 2 heterocycles. The molecule has 0 bridgehead atoms. The molecule has 8 heteroatoms. The Morgan fingerprint density at radius 3 is 2.15 bits per heavy atom. The van der Waals surface area contributed by atoms with Crippen LogP contribution in [-0.4, -0.2) is 47.9 Å². The van der Waals surface area contributed by atoms with Gasteiger partial charge in [0.2, 0.25) is 0 Å². The Kier molecular flexibility index (Phi) is 6.53. The molecule has 1 aromatic heterocycles. The Hall–Kier alpha value is -2.78. The molecule has 4 rings (SSSR count). The van der Waals surface area contributed by atoms with Crippen molar-refractivity contribution in [2.75, 3.05) is 6.61 Å². The van der Waals surface area contributed by atoms with Crippen LogP contribution in [0.4, 0.5) is 0 Å². The van der Waals surface area contributed by atoms with Crippen molar-refractivity contribution < 1.29 is 14.6 Å². The van der Waals surface area contributed by atoms with Crippen molar-refractivity contribution in [1.29, 1.82) is 0 Å². The van der Waals surface area contributed by atoms with E-state index in [9.17, 15) is 14.7 Å². The number of rotatable bonds is 6. The van der Waals surface area contributed by atoms with E-state index in [-0.39, 0.29) is 13.0 Å². The molecule has 0 amide bonds. The van der Waals surface area contributed by atoms with Gasteiger partial charge in [0.05, 0.1) is 18.3 Å². The predicted octanol–water partition coefficient (Wildman–Crippen LogP) is 0.735. The molecule has 7 nitrogen and oxygen atoms in total. The van der Waals surface area contributed by atoms with Crippen molar-refractivity contribution >= 4 is 19.2 Å². The van der Waals surface area contributed by atoms with Crippen molar-refractivity contribution in [2.45, 2.75) is 50.3 Å². The second kappa shape index (κ2) is 9.22. The molecular formula is C25H30N2O5Si. The first-order chi connectivity index (χ1) is 15.7.